The molecule has 0 radical (unpaired) electrons. The molecule has 1 saturated heterocycles. The van der Waals surface area contributed by atoms with E-state index in [-0.39, 0.29) is 5.91 Å². The molecular weight excluding hydrogens is 294 g/mol. The molecule has 0 bridgehead atoms. The van der Waals surface area contributed by atoms with E-state index in [1.165, 1.54) is 0 Å². The van der Waals surface area contributed by atoms with Crippen LogP contribution in [0.3, 0.4) is 0 Å². The van der Waals surface area contributed by atoms with Gasteiger partial charge in [0.1, 0.15) is 5.69 Å². The van der Waals surface area contributed by atoms with Crippen LogP contribution in [-0.2, 0) is 5.54 Å². The molecule has 3 N–H and O–H groups in total. The fourth-order valence-electron chi connectivity index (χ4n) is 3.50. The third-order valence-corrected chi connectivity index (χ3v) is 4.92. The molecule has 3 heterocycles. The first-order chi connectivity index (χ1) is 11.2. The molecule has 4 rings (SSSR count). The number of nitrogens with two attached hydrogens (primary N) is 1. The quantitative estimate of drug-likeness (QED) is 0.902. The monoisotopic (exact) mass is 315 g/mol. The summed E-state index contributed by atoms with van der Waals surface area (Å²) in [6.45, 7) is 1.65. The van der Waals surface area contributed by atoms with Crippen LogP contribution in [0.5, 0.6) is 0 Å². The van der Waals surface area contributed by atoms with Crippen molar-refractivity contribution in [3.05, 3.63) is 23.8 Å². The van der Waals surface area contributed by atoms with E-state index >= 15 is 0 Å². The second kappa shape index (κ2) is 5.49. The maximum absolute atomic E-state index is 12.4. The lowest BCUT2D eigenvalue weighted by atomic mass is 9.99. The molecule has 1 amide bonds. The molecule has 0 spiro atoms. The number of H-pyrrole nitrogens is 1. The van der Waals surface area contributed by atoms with Gasteiger partial charge in [-0.15, -0.1) is 0 Å². The first kappa shape index (κ1) is 14.4. The number of likely N-dealkylation sites (tertiary alicyclic amines) is 1. The van der Waals surface area contributed by atoms with Crippen molar-refractivity contribution in [3.8, 4) is 11.5 Å². The van der Waals surface area contributed by atoms with E-state index < -0.39 is 5.54 Å². The number of amides is 1. The van der Waals surface area contributed by atoms with Crippen LogP contribution in [0.1, 0.15) is 54.8 Å². The smallest absolute Gasteiger partial charge is 0.270 e. The van der Waals surface area contributed by atoms with Gasteiger partial charge >= 0.3 is 0 Å². The molecule has 1 aliphatic heterocycles. The van der Waals surface area contributed by atoms with Crippen molar-refractivity contribution in [1.82, 2.24) is 20.0 Å². The lowest BCUT2D eigenvalue weighted by Gasteiger charge is -2.17. The van der Waals surface area contributed by atoms with Crippen LogP contribution >= 0.6 is 0 Å². The summed E-state index contributed by atoms with van der Waals surface area (Å²) in [6, 6.07) is 1.77. The van der Waals surface area contributed by atoms with Gasteiger partial charge in [0, 0.05) is 19.3 Å². The molecule has 2 fully saturated rings. The number of aromatic nitrogens is 3. The number of carbonyl (C=O) groups is 1. The molecule has 7 nitrogen and oxygen atoms in total. The van der Waals surface area contributed by atoms with Crippen molar-refractivity contribution in [1.29, 1.82) is 0 Å². The third kappa shape index (κ3) is 2.55. The molecule has 2 aromatic heterocycles. The normalized spacial score (nSPS) is 20.3. The van der Waals surface area contributed by atoms with Crippen molar-refractivity contribution >= 4 is 5.91 Å². The van der Waals surface area contributed by atoms with E-state index in [0.29, 0.717) is 17.4 Å². The summed E-state index contributed by atoms with van der Waals surface area (Å²) >= 11 is 0. The zero-order chi connectivity index (χ0) is 15.9. The highest BCUT2D eigenvalue weighted by atomic mass is 16.5. The molecule has 1 aliphatic carbocycles. The molecule has 23 heavy (non-hydrogen) atoms. The van der Waals surface area contributed by atoms with E-state index in [0.717, 1.165) is 57.2 Å². The van der Waals surface area contributed by atoms with E-state index in [2.05, 4.69) is 15.1 Å². The number of nitrogens with zero attached hydrogens (tertiary/aromatic N) is 3. The SMILES string of the molecule is NC1(c2noc(-c3c[nH]c(C(=O)N4CCCC4)c3)n2)CCCC1. The Hall–Kier alpha value is -2.15. The predicted octanol–water partition coefficient (Wildman–Crippen LogP) is 2.03. The van der Waals surface area contributed by atoms with Gasteiger partial charge in [0.2, 0.25) is 0 Å². The summed E-state index contributed by atoms with van der Waals surface area (Å²) in [5.41, 5.74) is 7.18. The maximum Gasteiger partial charge on any atom is 0.270 e. The maximum atomic E-state index is 12.4. The van der Waals surface area contributed by atoms with Crippen LogP contribution in [0.15, 0.2) is 16.8 Å². The Morgan fingerprint density at radius 2 is 2.00 bits per heavy atom. The van der Waals surface area contributed by atoms with Crippen LogP contribution < -0.4 is 5.73 Å². The number of aromatic amines is 1. The Morgan fingerprint density at radius 1 is 1.26 bits per heavy atom. The topological polar surface area (TPSA) is 101 Å². The van der Waals surface area contributed by atoms with Gasteiger partial charge in [-0.3, -0.25) is 4.79 Å². The largest absolute Gasteiger partial charge is 0.356 e. The Balaban J connectivity index is 1.55. The molecule has 1 saturated carbocycles. The van der Waals surface area contributed by atoms with Crippen LogP contribution in [0.2, 0.25) is 0 Å². The first-order valence-electron chi connectivity index (χ1n) is 8.27. The second-order valence-corrected chi connectivity index (χ2v) is 6.59. The summed E-state index contributed by atoms with van der Waals surface area (Å²) in [7, 11) is 0. The number of rotatable bonds is 3. The second-order valence-electron chi connectivity index (χ2n) is 6.59. The zero-order valence-electron chi connectivity index (χ0n) is 13.0. The lowest BCUT2D eigenvalue weighted by Crippen LogP contribution is -2.34. The first-order valence-corrected chi connectivity index (χ1v) is 8.27. The van der Waals surface area contributed by atoms with E-state index in [1.54, 1.807) is 12.3 Å². The van der Waals surface area contributed by atoms with Gasteiger partial charge in [0.15, 0.2) is 5.82 Å². The van der Waals surface area contributed by atoms with Gasteiger partial charge in [-0.05, 0) is 31.7 Å². The molecule has 0 atom stereocenters. The molecule has 2 aliphatic rings. The van der Waals surface area contributed by atoms with Crippen LogP contribution in [0.25, 0.3) is 11.5 Å². The Labute approximate surface area is 134 Å². The van der Waals surface area contributed by atoms with Gasteiger partial charge in [-0.1, -0.05) is 18.0 Å². The zero-order valence-corrected chi connectivity index (χ0v) is 13.0. The lowest BCUT2D eigenvalue weighted by molar-refractivity contribution is 0.0788. The predicted molar refractivity (Wildman–Crippen MR) is 83.6 cm³/mol. The number of carbonyl (C=O) groups excluding carboxylic acids is 1. The van der Waals surface area contributed by atoms with Gasteiger partial charge in [-0.2, -0.15) is 4.98 Å². The minimum absolute atomic E-state index is 0.0274. The Morgan fingerprint density at radius 3 is 2.74 bits per heavy atom. The van der Waals surface area contributed by atoms with Crippen molar-refractivity contribution < 1.29 is 9.32 Å². The highest BCUT2D eigenvalue weighted by Crippen LogP contribution is 2.35. The summed E-state index contributed by atoms with van der Waals surface area (Å²) in [6.07, 6.45) is 7.85. The van der Waals surface area contributed by atoms with Crippen molar-refractivity contribution in [2.24, 2.45) is 5.73 Å². The standard InChI is InChI=1S/C16H21N5O2/c17-16(5-1-2-6-16)15-19-13(23-20-15)11-9-12(18-10-11)14(22)21-7-3-4-8-21/h9-10,18H,1-8,17H2. The number of nitrogens with one attached hydrogen (secondary N) is 1. The molecular formula is C16H21N5O2. The average Bonchev–Trinajstić information content (AvgIpc) is 3.30. The molecule has 0 aromatic carbocycles. The number of hydrogen-bond donors (Lipinski definition) is 2. The van der Waals surface area contributed by atoms with Gasteiger partial charge < -0.3 is 20.1 Å². The fraction of sp³-hybridized carbons (Fsp3) is 0.562. The summed E-state index contributed by atoms with van der Waals surface area (Å²) < 4.78 is 5.36. The Kier molecular flexibility index (Phi) is 3.45. The molecule has 122 valence electrons. The highest BCUT2D eigenvalue weighted by molar-refractivity contribution is 5.93. The summed E-state index contributed by atoms with van der Waals surface area (Å²) in [5, 5.41) is 4.06. The van der Waals surface area contributed by atoms with Crippen LogP contribution in [-0.4, -0.2) is 39.0 Å². The molecule has 7 heteroatoms. The third-order valence-electron chi connectivity index (χ3n) is 4.92. The van der Waals surface area contributed by atoms with Gasteiger partial charge in [-0.25, -0.2) is 0 Å². The minimum atomic E-state index is -0.466. The van der Waals surface area contributed by atoms with Crippen molar-refractivity contribution in [2.75, 3.05) is 13.1 Å². The average molecular weight is 315 g/mol. The Bertz CT molecular complexity index is 708. The van der Waals surface area contributed by atoms with Gasteiger partial charge in [0.25, 0.3) is 11.8 Å². The highest BCUT2D eigenvalue weighted by Gasteiger charge is 2.36. The summed E-state index contributed by atoms with van der Waals surface area (Å²) in [4.78, 5) is 21.7. The van der Waals surface area contributed by atoms with E-state index in [1.807, 2.05) is 4.90 Å². The molecule has 2 aromatic rings. The van der Waals surface area contributed by atoms with E-state index in [9.17, 15) is 4.79 Å². The van der Waals surface area contributed by atoms with Crippen molar-refractivity contribution in [2.45, 2.75) is 44.1 Å². The summed E-state index contributed by atoms with van der Waals surface area (Å²) in [5.74, 6) is 1.01. The fourth-order valence-corrected chi connectivity index (χ4v) is 3.50. The van der Waals surface area contributed by atoms with Crippen LogP contribution in [0.4, 0.5) is 0 Å². The number of hydrogen-bond acceptors (Lipinski definition) is 5. The van der Waals surface area contributed by atoms with Gasteiger partial charge in [0.05, 0.1) is 11.1 Å². The van der Waals surface area contributed by atoms with Crippen molar-refractivity contribution in [3.63, 3.8) is 0 Å². The van der Waals surface area contributed by atoms with E-state index in [4.69, 9.17) is 10.3 Å². The van der Waals surface area contributed by atoms with Crippen LogP contribution in [0, 0.1) is 0 Å². The minimum Gasteiger partial charge on any atom is -0.356 e. The molecule has 0 unspecified atom stereocenters.